The second kappa shape index (κ2) is 3.84. The highest BCUT2D eigenvalue weighted by Gasteiger charge is 2.11. The lowest BCUT2D eigenvalue weighted by molar-refractivity contribution is 0.628. The zero-order valence-corrected chi connectivity index (χ0v) is 9.89. The van der Waals surface area contributed by atoms with E-state index in [0.717, 1.165) is 22.5 Å². The van der Waals surface area contributed by atoms with Crippen molar-refractivity contribution >= 4 is 16.7 Å². The van der Waals surface area contributed by atoms with Crippen molar-refractivity contribution in [2.75, 3.05) is 5.73 Å². The molecule has 4 heteroatoms. The summed E-state index contributed by atoms with van der Waals surface area (Å²) < 4.78 is 15.0. The Kier molecular flexibility index (Phi) is 2.30. The summed E-state index contributed by atoms with van der Waals surface area (Å²) in [6, 6.07) is 12.2. The highest BCUT2D eigenvalue weighted by Crippen LogP contribution is 2.25. The van der Waals surface area contributed by atoms with Gasteiger partial charge >= 0.3 is 0 Å². The summed E-state index contributed by atoms with van der Waals surface area (Å²) in [6.07, 6.45) is 0. The number of halogens is 1. The van der Waals surface area contributed by atoms with Crippen molar-refractivity contribution in [2.24, 2.45) is 0 Å². The van der Waals surface area contributed by atoms with E-state index in [0.29, 0.717) is 5.69 Å². The van der Waals surface area contributed by atoms with Crippen molar-refractivity contribution in [1.82, 2.24) is 9.55 Å². The molecule has 0 spiro atoms. The van der Waals surface area contributed by atoms with Crippen molar-refractivity contribution in [3.63, 3.8) is 0 Å². The number of rotatable bonds is 1. The second-order valence-electron chi connectivity index (χ2n) is 4.19. The maximum atomic E-state index is 13.1. The van der Waals surface area contributed by atoms with Crippen LogP contribution in [0.25, 0.3) is 16.7 Å². The molecule has 0 unspecified atom stereocenters. The number of aryl methyl sites for hydroxylation is 1. The molecule has 3 aromatic rings. The Hall–Kier alpha value is -2.36. The van der Waals surface area contributed by atoms with Crippen molar-refractivity contribution in [3.05, 3.63) is 54.1 Å². The molecule has 0 saturated carbocycles. The van der Waals surface area contributed by atoms with Crippen LogP contribution >= 0.6 is 0 Å². The number of aromatic nitrogens is 2. The van der Waals surface area contributed by atoms with E-state index < -0.39 is 0 Å². The lowest BCUT2D eigenvalue weighted by Gasteiger charge is -2.09. The molecule has 0 radical (unpaired) electrons. The maximum Gasteiger partial charge on any atom is 0.125 e. The van der Waals surface area contributed by atoms with Crippen LogP contribution in [0, 0.1) is 12.7 Å². The van der Waals surface area contributed by atoms with E-state index >= 15 is 0 Å². The van der Waals surface area contributed by atoms with Gasteiger partial charge in [0.25, 0.3) is 0 Å². The lowest BCUT2D eigenvalue weighted by Crippen LogP contribution is -2.02. The summed E-state index contributed by atoms with van der Waals surface area (Å²) in [7, 11) is 0. The molecule has 0 aliphatic rings. The topological polar surface area (TPSA) is 43.8 Å². The third-order valence-corrected chi connectivity index (χ3v) is 2.96. The van der Waals surface area contributed by atoms with Gasteiger partial charge in [0.15, 0.2) is 0 Å². The third-order valence-electron chi connectivity index (χ3n) is 2.96. The molecular formula is C14H12FN3. The number of benzene rings is 2. The van der Waals surface area contributed by atoms with Crippen LogP contribution in [0.2, 0.25) is 0 Å². The summed E-state index contributed by atoms with van der Waals surface area (Å²) in [5.41, 5.74) is 8.91. The van der Waals surface area contributed by atoms with Crippen LogP contribution in [0.15, 0.2) is 42.5 Å². The molecule has 2 aromatic carbocycles. The smallest absolute Gasteiger partial charge is 0.125 e. The first-order valence-corrected chi connectivity index (χ1v) is 5.66. The monoisotopic (exact) mass is 241 g/mol. The first kappa shape index (κ1) is 10.8. The molecule has 90 valence electrons. The second-order valence-corrected chi connectivity index (χ2v) is 4.19. The Morgan fingerprint density at radius 2 is 1.94 bits per heavy atom. The molecule has 0 aliphatic heterocycles. The zero-order valence-electron chi connectivity index (χ0n) is 9.89. The van der Waals surface area contributed by atoms with Crippen molar-refractivity contribution in [3.8, 4) is 5.69 Å². The van der Waals surface area contributed by atoms with Crippen LogP contribution < -0.4 is 5.73 Å². The summed E-state index contributed by atoms with van der Waals surface area (Å²) >= 11 is 0. The summed E-state index contributed by atoms with van der Waals surface area (Å²) in [5.74, 6) is 0.493. The number of para-hydroxylation sites is 2. The predicted octanol–water partition coefficient (Wildman–Crippen LogP) is 3.06. The Balaban J connectivity index is 2.34. The van der Waals surface area contributed by atoms with Crippen LogP contribution in [-0.4, -0.2) is 9.55 Å². The number of nitrogen functional groups attached to an aromatic ring is 1. The fourth-order valence-corrected chi connectivity index (χ4v) is 2.18. The Labute approximate surface area is 104 Å². The fraction of sp³-hybridized carbons (Fsp3) is 0.0714. The number of anilines is 1. The number of hydrogen-bond donors (Lipinski definition) is 1. The Morgan fingerprint density at radius 1 is 1.17 bits per heavy atom. The van der Waals surface area contributed by atoms with Crippen LogP contribution in [0.4, 0.5) is 10.1 Å². The highest BCUT2D eigenvalue weighted by molar-refractivity contribution is 5.79. The largest absolute Gasteiger partial charge is 0.397 e. The minimum absolute atomic E-state index is 0.335. The van der Waals surface area contributed by atoms with Gasteiger partial charge in [-0.2, -0.15) is 0 Å². The number of fused-ring (bicyclic) bond motifs is 1. The van der Waals surface area contributed by atoms with Gasteiger partial charge in [0.05, 0.1) is 22.4 Å². The molecule has 1 aromatic heterocycles. The van der Waals surface area contributed by atoms with Crippen LogP contribution in [-0.2, 0) is 0 Å². The van der Waals surface area contributed by atoms with Crippen LogP contribution in [0.5, 0.6) is 0 Å². The molecule has 3 nitrogen and oxygen atoms in total. The van der Waals surface area contributed by atoms with E-state index in [9.17, 15) is 4.39 Å². The van der Waals surface area contributed by atoms with E-state index in [2.05, 4.69) is 4.98 Å². The predicted molar refractivity (Wildman–Crippen MR) is 70.2 cm³/mol. The maximum absolute atomic E-state index is 13.1. The summed E-state index contributed by atoms with van der Waals surface area (Å²) in [4.78, 5) is 4.47. The minimum atomic E-state index is -0.335. The van der Waals surface area contributed by atoms with Gasteiger partial charge in [-0.05, 0) is 37.3 Å². The molecule has 1 heterocycles. The number of nitrogens with two attached hydrogens (primary N) is 1. The fourth-order valence-electron chi connectivity index (χ4n) is 2.18. The van der Waals surface area contributed by atoms with Gasteiger partial charge in [0.1, 0.15) is 11.6 Å². The quantitative estimate of drug-likeness (QED) is 0.665. The molecule has 0 bridgehead atoms. The first-order valence-electron chi connectivity index (χ1n) is 5.66. The SMILES string of the molecule is Cc1nc2ccccc2n1-c1ccc(F)cc1N. The minimum Gasteiger partial charge on any atom is -0.397 e. The van der Waals surface area contributed by atoms with Crippen LogP contribution in [0.3, 0.4) is 0 Å². The van der Waals surface area contributed by atoms with Crippen molar-refractivity contribution in [2.45, 2.75) is 6.92 Å². The molecule has 18 heavy (non-hydrogen) atoms. The van der Waals surface area contributed by atoms with Gasteiger partial charge < -0.3 is 5.73 Å². The number of hydrogen-bond acceptors (Lipinski definition) is 2. The zero-order chi connectivity index (χ0) is 12.7. The van der Waals surface area contributed by atoms with Gasteiger partial charge in [-0.1, -0.05) is 12.1 Å². The normalized spacial score (nSPS) is 11.0. The molecule has 0 amide bonds. The molecule has 0 aliphatic carbocycles. The van der Waals surface area contributed by atoms with Crippen LogP contribution in [0.1, 0.15) is 5.82 Å². The van der Waals surface area contributed by atoms with Gasteiger partial charge in [-0.25, -0.2) is 9.37 Å². The Bertz CT molecular complexity index is 731. The standard InChI is InChI=1S/C14H12FN3/c1-9-17-12-4-2-3-5-14(12)18(9)13-7-6-10(15)8-11(13)16/h2-8H,16H2,1H3. The average molecular weight is 241 g/mol. The summed E-state index contributed by atoms with van der Waals surface area (Å²) in [6.45, 7) is 1.91. The molecule has 0 fully saturated rings. The molecule has 2 N–H and O–H groups in total. The van der Waals surface area contributed by atoms with Gasteiger partial charge in [0, 0.05) is 0 Å². The van der Waals surface area contributed by atoms with E-state index in [1.165, 1.54) is 12.1 Å². The molecule has 3 rings (SSSR count). The van der Waals surface area contributed by atoms with E-state index in [4.69, 9.17) is 5.73 Å². The van der Waals surface area contributed by atoms with Gasteiger partial charge in [0.2, 0.25) is 0 Å². The molecule has 0 atom stereocenters. The number of imidazole rings is 1. The highest BCUT2D eigenvalue weighted by atomic mass is 19.1. The molecular weight excluding hydrogens is 229 g/mol. The van der Waals surface area contributed by atoms with E-state index in [1.807, 2.05) is 35.8 Å². The Morgan fingerprint density at radius 3 is 2.72 bits per heavy atom. The number of nitrogens with zero attached hydrogens (tertiary/aromatic N) is 2. The van der Waals surface area contributed by atoms with Gasteiger partial charge in [-0.15, -0.1) is 0 Å². The third kappa shape index (κ3) is 1.54. The van der Waals surface area contributed by atoms with E-state index in [-0.39, 0.29) is 5.82 Å². The summed E-state index contributed by atoms with van der Waals surface area (Å²) in [5, 5.41) is 0. The van der Waals surface area contributed by atoms with Crippen molar-refractivity contribution in [1.29, 1.82) is 0 Å². The van der Waals surface area contributed by atoms with Gasteiger partial charge in [-0.3, -0.25) is 4.57 Å². The first-order chi connectivity index (χ1) is 8.66. The van der Waals surface area contributed by atoms with Crippen molar-refractivity contribution < 1.29 is 4.39 Å². The molecule has 0 saturated heterocycles. The average Bonchev–Trinajstić information content (AvgIpc) is 2.66. The lowest BCUT2D eigenvalue weighted by atomic mass is 10.2. The van der Waals surface area contributed by atoms with E-state index in [1.54, 1.807) is 6.07 Å².